The molecule has 1 atom stereocenters. The molecule has 0 aliphatic heterocycles. The van der Waals surface area contributed by atoms with Gasteiger partial charge in [-0.05, 0) is 66.1 Å². The molecular formula is C15H16ClNO. The summed E-state index contributed by atoms with van der Waals surface area (Å²) in [6, 6.07) is 9.86. The van der Waals surface area contributed by atoms with Crippen LogP contribution in [-0.2, 0) is 12.8 Å². The highest BCUT2D eigenvalue weighted by atomic mass is 35.5. The molecule has 0 fully saturated rings. The van der Waals surface area contributed by atoms with Crippen LogP contribution in [-0.4, -0.2) is 0 Å². The van der Waals surface area contributed by atoms with Gasteiger partial charge in [-0.1, -0.05) is 18.2 Å². The van der Waals surface area contributed by atoms with Gasteiger partial charge in [-0.15, -0.1) is 0 Å². The van der Waals surface area contributed by atoms with E-state index in [4.69, 9.17) is 21.8 Å². The first kappa shape index (κ1) is 11.8. The Labute approximate surface area is 112 Å². The summed E-state index contributed by atoms with van der Waals surface area (Å²) in [4.78, 5) is 0. The predicted octanol–water partition coefficient (Wildman–Crippen LogP) is 3.86. The third-order valence-corrected chi connectivity index (χ3v) is 3.84. The van der Waals surface area contributed by atoms with Crippen LogP contribution in [0.1, 0.15) is 41.3 Å². The Morgan fingerprint density at radius 3 is 2.56 bits per heavy atom. The summed E-state index contributed by atoms with van der Waals surface area (Å²) in [5, 5.41) is 0.387. The van der Waals surface area contributed by atoms with Crippen LogP contribution in [0.15, 0.2) is 34.7 Å². The van der Waals surface area contributed by atoms with Crippen LogP contribution in [0, 0.1) is 0 Å². The second-order valence-corrected chi connectivity index (χ2v) is 5.23. The molecule has 2 N–H and O–H groups in total. The van der Waals surface area contributed by atoms with Crippen molar-refractivity contribution in [3.63, 3.8) is 0 Å². The van der Waals surface area contributed by atoms with Crippen molar-refractivity contribution in [1.82, 2.24) is 0 Å². The predicted molar refractivity (Wildman–Crippen MR) is 72.8 cm³/mol. The molecule has 3 rings (SSSR count). The fraction of sp³-hybridized carbons (Fsp3) is 0.333. The van der Waals surface area contributed by atoms with Crippen molar-refractivity contribution in [3.05, 3.63) is 58.0 Å². The van der Waals surface area contributed by atoms with Crippen molar-refractivity contribution >= 4 is 11.6 Å². The van der Waals surface area contributed by atoms with Crippen LogP contribution >= 0.6 is 11.6 Å². The molecule has 1 aromatic carbocycles. The van der Waals surface area contributed by atoms with E-state index < -0.39 is 0 Å². The van der Waals surface area contributed by atoms with E-state index in [0.717, 1.165) is 17.7 Å². The van der Waals surface area contributed by atoms with Crippen LogP contribution in [0.5, 0.6) is 0 Å². The molecule has 0 spiro atoms. The number of nitrogens with two attached hydrogens (primary N) is 1. The lowest BCUT2D eigenvalue weighted by molar-refractivity contribution is 0.491. The molecule has 94 valence electrons. The maximum absolute atomic E-state index is 6.21. The molecule has 18 heavy (non-hydrogen) atoms. The summed E-state index contributed by atoms with van der Waals surface area (Å²) in [6.07, 6.45) is 4.93. The summed E-state index contributed by atoms with van der Waals surface area (Å²) in [5.74, 6) is 0.718. The van der Waals surface area contributed by atoms with Gasteiger partial charge in [0.15, 0.2) is 5.22 Å². The van der Waals surface area contributed by atoms with E-state index >= 15 is 0 Å². The highest BCUT2D eigenvalue weighted by molar-refractivity contribution is 6.28. The fourth-order valence-electron chi connectivity index (χ4n) is 2.61. The normalized spacial score (nSPS) is 16.3. The lowest BCUT2D eigenvalue weighted by atomic mass is 9.89. The van der Waals surface area contributed by atoms with Crippen molar-refractivity contribution in [1.29, 1.82) is 0 Å². The average molecular weight is 262 g/mol. The third kappa shape index (κ3) is 2.18. The highest BCUT2D eigenvalue weighted by Crippen LogP contribution is 2.28. The van der Waals surface area contributed by atoms with E-state index in [1.807, 2.05) is 6.07 Å². The Morgan fingerprint density at radius 1 is 1.06 bits per heavy atom. The molecule has 0 bridgehead atoms. The van der Waals surface area contributed by atoms with E-state index in [2.05, 4.69) is 18.2 Å². The lowest BCUT2D eigenvalue weighted by Crippen LogP contribution is -2.12. The molecule has 2 nitrogen and oxygen atoms in total. The number of halogens is 1. The van der Waals surface area contributed by atoms with Crippen molar-refractivity contribution in [2.75, 3.05) is 0 Å². The molecule has 0 radical (unpaired) electrons. The largest absolute Gasteiger partial charge is 0.448 e. The summed E-state index contributed by atoms with van der Waals surface area (Å²) in [7, 11) is 0. The first-order chi connectivity index (χ1) is 8.74. The van der Waals surface area contributed by atoms with Gasteiger partial charge >= 0.3 is 0 Å². The second kappa shape index (κ2) is 4.79. The summed E-state index contributed by atoms with van der Waals surface area (Å²) in [6.45, 7) is 0. The second-order valence-electron chi connectivity index (χ2n) is 4.85. The smallest absolute Gasteiger partial charge is 0.193 e. The van der Waals surface area contributed by atoms with Gasteiger partial charge in [0.1, 0.15) is 5.76 Å². The molecule has 3 heteroatoms. The molecule has 1 heterocycles. The quantitative estimate of drug-likeness (QED) is 0.892. The van der Waals surface area contributed by atoms with Crippen molar-refractivity contribution in [2.24, 2.45) is 5.73 Å². The Hall–Kier alpha value is -1.25. The summed E-state index contributed by atoms with van der Waals surface area (Å²) < 4.78 is 5.38. The Balaban J connectivity index is 1.92. The Morgan fingerprint density at radius 2 is 1.83 bits per heavy atom. The first-order valence-electron chi connectivity index (χ1n) is 6.36. The minimum atomic E-state index is -0.232. The van der Waals surface area contributed by atoms with Gasteiger partial charge in [0, 0.05) is 0 Å². The average Bonchev–Trinajstić information content (AvgIpc) is 2.84. The maximum Gasteiger partial charge on any atom is 0.193 e. The van der Waals surface area contributed by atoms with E-state index in [-0.39, 0.29) is 6.04 Å². The van der Waals surface area contributed by atoms with Crippen LogP contribution in [0.25, 0.3) is 0 Å². The molecule has 1 unspecified atom stereocenters. The number of benzene rings is 1. The third-order valence-electron chi connectivity index (χ3n) is 3.63. The van der Waals surface area contributed by atoms with Gasteiger partial charge in [0.25, 0.3) is 0 Å². The lowest BCUT2D eigenvalue weighted by Gasteiger charge is -2.18. The monoisotopic (exact) mass is 261 g/mol. The summed E-state index contributed by atoms with van der Waals surface area (Å²) >= 11 is 5.79. The molecule has 0 amide bonds. The molecule has 2 aromatic rings. The number of aryl methyl sites for hydroxylation is 2. The van der Waals surface area contributed by atoms with Gasteiger partial charge in [-0.3, -0.25) is 0 Å². The molecule has 1 aromatic heterocycles. The van der Waals surface area contributed by atoms with Crippen molar-refractivity contribution in [2.45, 2.75) is 31.7 Å². The number of fused-ring (bicyclic) bond motifs is 1. The summed E-state index contributed by atoms with van der Waals surface area (Å²) in [5.41, 5.74) is 10.2. The number of hydrogen-bond acceptors (Lipinski definition) is 2. The minimum absolute atomic E-state index is 0.232. The Bertz CT molecular complexity index is 561. The first-order valence-corrected chi connectivity index (χ1v) is 6.74. The van der Waals surface area contributed by atoms with Crippen LogP contribution in [0.4, 0.5) is 0 Å². The molecule has 1 aliphatic rings. The SMILES string of the molecule is NC(c1ccc2c(c1)CCCC2)c1ccc(Cl)o1. The zero-order chi connectivity index (χ0) is 12.5. The van der Waals surface area contributed by atoms with Crippen LogP contribution < -0.4 is 5.73 Å². The molecule has 1 aliphatic carbocycles. The molecule has 0 saturated heterocycles. The highest BCUT2D eigenvalue weighted by Gasteiger charge is 2.16. The fourth-order valence-corrected chi connectivity index (χ4v) is 2.76. The van der Waals surface area contributed by atoms with Gasteiger partial charge in [-0.2, -0.15) is 0 Å². The van der Waals surface area contributed by atoms with Crippen LogP contribution in [0.2, 0.25) is 5.22 Å². The molecular weight excluding hydrogens is 246 g/mol. The van der Waals surface area contributed by atoms with Gasteiger partial charge in [-0.25, -0.2) is 0 Å². The maximum atomic E-state index is 6.21. The molecule has 0 saturated carbocycles. The van der Waals surface area contributed by atoms with Gasteiger partial charge in [0.2, 0.25) is 0 Å². The topological polar surface area (TPSA) is 39.2 Å². The van der Waals surface area contributed by atoms with Crippen molar-refractivity contribution < 1.29 is 4.42 Å². The van der Waals surface area contributed by atoms with E-state index in [0.29, 0.717) is 5.22 Å². The Kier molecular flexibility index (Phi) is 3.14. The van der Waals surface area contributed by atoms with E-state index in [1.165, 1.54) is 30.4 Å². The van der Waals surface area contributed by atoms with Crippen molar-refractivity contribution in [3.8, 4) is 0 Å². The number of furan rings is 1. The van der Waals surface area contributed by atoms with E-state index in [9.17, 15) is 0 Å². The number of hydrogen-bond donors (Lipinski definition) is 1. The van der Waals surface area contributed by atoms with Gasteiger partial charge in [0.05, 0.1) is 6.04 Å². The zero-order valence-corrected chi connectivity index (χ0v) is 10.9. The minimum Gasteiger partial charge on any atom is -0.448 e. The standard InChI is InChI=1S/C15H16ClNO/c16-14-8-7-13(18-14)15(17)12-6-5-10-3-1-2-4-11(10)9-12/h5-9,15H,1-4,17H2. The van der Waals surface area contributed by atoms with E-state index in [1.54, 1.807) is 6.07 Å². The number of rotatable bonds is 2. The van der Waals surface area contributed by atoms with Gasteiger partial charge < -0.3 is 10.2 Å². The zero-order valence-electron chi connectivity index (χ0n) is 10.2. The van der Waals surface area contributed by atoms with Crippen LogP contribution in [0.3, 0.4) is 0 Å².